The fourth-order valence-electron chi connectivity index (χ4n) is 4.41. The largest absolute Gasteiger partial charge is 0.442 e. The van der Waals surface area contributed by atoms with Crippen LogP contribution in [0.15, 0.2) is 64.6 Å². The van der Waals surface area contributed by atoms with E-state index in [0.717, 1.165) is 57.4 Å². The Bertz CT molecular complexity index is 965. The predicted octanol–water partition coefficient (Wildman–Crippen LogP) is 3.56. The summed E-state index contributed by atoms with van der Waals surface area (Å²) in [5, 5.41) is 8.66. The summed E-state index contributed by atoms with van der Waals surface area (Å²) in [7, 11) is 2.21. The van der Waals surface area contributed by atoms with Crippen LogP contribution in [0.4, 0.5) is 0 Å². The first kappa shape index (κ1) is 22.4. The molecule has 2 saturated heterocycles. The Morgan fingerprint density at radius 3 is 2.52 bits per heavy atom. The van der Waals surface area contributed by atoms with E-state index in [9.17, 15) is 4.79 Å². The van der Waals surface area contributed by atoms with E-state index in [0.29, 0.717) is 11.9 Å². The highest BCUT2D eigenvalue weighted by Gasteiger charge is 2.41. The lowest BCUT2D eigenvalue weighted by Crippen LogP contribution is -2.56. The molecule has 0 amide bonds. The number of hydrogen-bond donors (Lipinski definition) is 0. The zero-order valence-corrected chi connectivity index (χ0v) is 19.7. The molecule has 0 radical (unpaired) electrons. The number of nitrogens with zero attached hydrogens (tertiary/aromatic N) is 4. The van der Waals surface area contributed by atoms with Gasteiger partial charge in [-0.1, -0.05) is 30.3 Å². The molecule has 0 aliphatic carbocycles. The van der Waals surface area contributed by atoms with Crippen molar-refractivity contribution >= 4 is 23.9 Å². The first-order valence-corrected chi connectivity index (χ1v) is 12.4. The van der Waals surface area contributed by atoms with Gasteiger partial charge < -0.3 is 9.47 Å². The molecule has 5 rings (SSSR count). The number of thioether (sulfide) groups is 1. The highest BCUT2D eigenvalue weighted by molar-refractivity contribution is 8.00. The van der Waals surface area contributed by atoms with Gasteiger partial charge in [-0.3, -0.25) is 9.69 Å². The average molecular weight is 467 g/mol. The van der Waals surface area contributed by atoms with Crippen molar-refractivity contribution in [2.24, 2.45) is 5.10 Å². The van der Waals surface area contributed by atoms with Gasteiger partial charge in [0.05, 0.1) is 5.37 Å². The second-order valence-electron chi connectivity index (χ2n) is 8.66. The predicted molar refractivity (Wildman–Crippen MR) is 128 cm³/mol. The van der Waals surface area contributed by atoms with Gasteiger partial charge in [-0.25, -0.2) is 0 Å². The molecule has 0 saturated carbocycles. The molecule has 3 aliphatic rings. The zero-order chi connectivity index (χ0) is 22.6. The Labute approximate surface area is 199 Å². The first-order valence-electron chi connectivity index (χ1n) is 11.6. The standard InChI is InChI=1S/C25H30N4O3S/c1-27(21-12-15-31-16-13-21)17-19-7-9-22(10-8-19)33-24-11-14-28(24)29-23(18-30)32-25(26-29)20-5-3-2-4-6-20/h2-10,18,21,23-24H,11-17H2,1H3. The summed E-state index contributed by atoms with van der Waals surface area (Å²) in [5.74, 6) is 0.487. The summed E-state index contributed by atoms with van der Waals surface area (Å²) in [6.45, 7) is 3.54. The van der Waals surface area contributed by atoms with E-state index in [1.165, 1.54) is 10.5 Å². The molecule has 2 aromatic carbocycles. The van der Waals surface area contributed by atoms with Crippen LogP contribution in [0.25, 0.3) is 0 Å². The topological polar surface area (TPSA) is 57.6 Å². The first-order chi connectivity index (χ1) is 16.2. The van der Waals surface area contributed by atoms with Crippen molar-refractivity contribution in [3.05, 3.63) is 65.7 Å². The summed E-state index contributed by atoms with van der Waals surface area (Å²) in [6, 6.07) is 19.1. The molecule has 0 spiro atoms. The summed E-state index contributed by atoms with van der Waals surface area (Å²) >= 11 is 1.80. The van der Waals surface area contributed by atoms with Gasteiger partial charge in [0.25, 0.3) is 6.23 Å². The normalized spacial score (nSPS) is 23.8. The van der Waals surface area contributed by atoms with Crippen LogP contribution in [0.3, 0.4) is 0 Å². The molecule has 2 unspecified atom stereocenters. The minimum absolute atomic E-state index is 0.227. The molecule has 8 heteroatoms. The van der Waals surface area contributed by atoms with E-state index < -0.39 is 6.23 Å². The molecule has 0 N–H and O–H groups in total. The molecule has 3 heterocycles. The van der Waals surface area contributed by atoms with Gasteiger partial charge in [0, 0.05) is 42.8 Å². The maximum atomic E-state index is 11.7. The van der Waals surface area contributed by atoms with Crippen molar-refractivity contribution in [2.75, 3.05) is 26.8 Å². The lowest BCUT2D eigenvalue weighted by atomic mass is 10.1. The van der Waals surface area contributed by atoms with E-state index >= 15 is 0 Å². The van der Waals surface area contributed by atoms with Crippen LogP contribution < -0.4 is 0 Å². The average Bonchev–Trinajstić information content (AvgIpc) is 3.27. The Morgan fingerprint density at radius 2 is 1.85 bits per heavy atom. The molecule has 174 valence electrons. The maximum Gasteiger partial charge on any atom is 0.259 e. The summed E-state index contributed by atoms with van der Waals surface area (Å²) in [6.07, 6.45) is 3.35. The Balaban J connectivity index is 1.19. The summed E-state index contributed by atoms with van der Waals surface area (Å²) < 4.78 is 11.3. The molecule has 3 aliphatic heterocycles. The van der Waals surface area contributed by atoms with E-state index in [-0.39, 0.29) is 5.37 Å². The third-order valence-electron chi connectivity index (χ3n) is 6.43. The van der Waals surface area contributed by atoms with Crippen molar-refractivity contribution in [1.29, 1.82) is 0 Å². The van der Waals surface area contributed by atoms with Gasteiger partial charge in [-0.2, -0.15) is 10.1 Å². The number of carbonyl (C=O) groups is 1. The van der Waals surface area contributed by atoms with Gasteiger partial charge in [0.15, 0.2) is 6.29 Å². The number of hydrogen-bond acceptors (Lipinski definition) is 8. The number of ether oxygens (including phenoxy) is 2. The number of aldehydes is 1. The maximum absolute atomic E-state index is 11.7. The fourth-order valence-corrected chi connectivity index (χ4v) is 5.56. The van der Waals surface area contributed by atoms with Crippen molar-refractivity contribution in [3.63, 3.8) is 0 Å². The summed E-state index contributed by atoms with van der Waals surface area (Å²) in [4.78, 5) is 15.3. The second-order valence-corrected chi connectivity index (χ2v) is 9.91. The van der Waals surface area contributed by atoms with Gasteiger partial charge in [0.1, 0.15) is 0 Å². The molecule has 0 aromatic heterocycles. The van der Waals surface area contributed by atoms with Crippen LogP contribution in [0.5, 0.6) is 0 Å². The smallest absolute Gasteiger partial charge is 0.259 e. The van der Waals surface area contributed by atoms with Crippen LogP contribution >= 0.6 is 11.8 Å². The van der Waals surface area contributed by atoms with E-state index in [2.05, 4.69) is 46.3 Å². The lowest BCUT2D eigenvalue weighted by Gasteiger charge is -2.44. The van der Waals surface area contributed by atoms with Crippen LogP contribution in [0.2, 0.25) is 0 Å². The van der Waals surface area contributed by atoms with Crippen molar-refractivity contribution < 1.29 is 14.3 Å². The van der Waals surface area contributed by atoms with Crippen LogP contribution in [-0.2, 0) is 20.8 Å². The van der Waals surface area contributed by atoms with Crippen LogP contribution in [0.1, 0.15) is 30.4 Å². The summed E-state index contributed by atoms with van der Waals surface area (Å²) in [5.41, 5.74) is 2.20. The zero-order valence-electron chi connectivity index (χ0n) is 18.9. The molecular weight excluding hydrogens is 436 g/mol. The number of hydrazine groups is 1. The fraction of sp³-hybridized carbons (Fsp3) is 0.440. The number of carbonyl (C=O) groups excluding carboxylic acids is 1. The SMILES string of the molecule is CN(Cc1ccc(SC2CCN2N2N=C(c3ccccc3)OC2C=O)cc1)C1CCOCC1. The second kappa shape index (κ2) is 10.3. The molecule has 33 heavy (non-hydrogen) atoms. The molecule has 2 atom stereocenters. The number of benzene rings is 2. The van der Waals surface area contributed by atoms with Crippen molar-refractivity contribution in [3.8, 4) is 0 Å². The molecule has 7 nitrogen and oxygen atoms in total. The highest BCUT2D eigenvalue weighted by Crippen LogP contribution is 2.37. The minimum Gasteiger partial charge on any atom is -0.442 e. The minimum atomic E-state index is -0.716. The van der Waals surface area contributed by atoms with E-state index in [1.807, 2.05) is 30.3 Å². The number of hydrazone groups is 1. The Hall–Kier alpha value is -2.39. The molecule has 0 bridgehead atoms. The quantitative estimate of drug-likeness (QED) is 0.552. The van der Waals surface area contributed by atoms with Crippen LogP contribution in [-0.4, -0.2) is 71.7 Å². The van der Waals surface area contributed by atoms with Crippen molar-refractivity contribution in [1.82, 2.24) is 15.0 Å². The van der Waals surface area contributed by atoms with Crippen LogP contribution in [0, 0.1) is 0 Å². The Kier molecular flexibility index (Phi) is 6.96. The van der Waals surface area contributed by atoms with Crippen molar-refractivity contribution in [2.45, 2.75) is 48.3 Å². The molecular formula is C25H30N4O3S. The van der Waals surface area contributed by atoms with Gasteiger partial charge in [-0.05, 0) is 56.1 Å². The number of rotatable bonds is 8. The van der Waals surface area contributed by atoms with Gasteiger partial charge >= 0.3 is 0 Å². The third-order valence-corrected chi connectivity index (χ3v) is 7.73. The van der Waals surface area contributed by atoms with E-state index in [1.54, 1.807) is 16.9 Å². The monoisotopic (exact) mass is 466 g/mol. The Morgan fingerprint density at radius 1 is 1.09 bits per heavy atom. The van der Waals surface area contributed by atoms with Gasteiger partial charge in [0.2, 0.25) is 5.90 Å². The van der Waals surface area contributed by atoms with E-state index in [4.69, 9.17) is 9.47 Å². The molecule has 2 fully saturated rings. The highest BCUT2D eigenvalue weighted by atomic mass is 32.2. The lowest BCUT2D eigenvalue weighted by molar-refractivity contribution is -0.158. The third kappa shape index (κ3) is 5.09. The van der Waals surface area contributed by atoms with Gasteiger partial charge in [-0.15, -0.1) is 16.9 Å². The molecule has 2 aromatic rings.